The van der Waals surface area contributed by atoms with Gasteiger partial charge in [-0.05, 0) is 56.2 Å². The smallest absolute Gasteiger partial charge is 0.244 e. The third kappa shape index (κ3) is 4.62. The lowest BCUT2D eigenvalue weighted by molar-refractivity contribution is 0.276. The molecule has 1 aliphatic heterocycles. The Morgan fingerprint density at radius 1 is 1.00 bits per heavy atom. The van der Waals surface area contributed by atoms with Gasteiger partial charge in [-0.3, -0.25) is 5.10 Å². The summed E-state index contributed by atoms with van der Waals surface area (Å²) in [5, 5.41) is 17.5. The molecule has 0 saturated carbocycles. The number of benzene rings is 2. The van der Waals surface area contributed by atoms with Crippen LogP contribution in [0.4, 0.5) is 0 Å². The number of allylic oxidation sites excluding steroid dienone is 1. The van der Waals surface area contributed by atoms with Gasteiger partial charge in [0, 0.05) is 5.56 Å². The van der Waals surface area contributed by atoms with Crippen molar-refractivity contribution < 1.29 is 23.7 Å². The number of nitrogens with one attached hydrogen (secondary N) is 1. The van der Waals surface area contributed by atoms with Crippen molar-refractivity contribution in [3.8, 4) is 46.2 Å². The quantitative estimate of drug-likeness (QED) is 0.412. The van der Waals surface area contributed by atoms with Crippen LogP contribution in [0.2, 0.25) is 0 Å². The van der Waals surface area contributed by atoms with Gasteiger partial charge in [-0.15, -0.1) is 5.10 Å². The summed E-state index contributed by atoms with van der Waals surface area (Å²) in [7, 11) is 1.59. The Kier molecular flexibility index (Phi) is 7.54. The van der Waals surface area contributed by atoms with E-state index in [1.807, 2.05) is 57.2 Å². The topological polar surface area (TPSA) is 125 Å². The number of nitrogens with two attached hydrogens (primary N) is 1. The number of methoxy groups -OCH3 is 1. The van der Waals surface area contributed by atoms with Crippen molar-refractivity contribution in [3.63, 3.8) is 0 Å². The Morgan fingerprint density at radius 3 is 2.42 bits per heavy atom. The van der Waals surface area contributed by atoms with Crippen LogP contribution >= 0.6 is 0 Å². The molecule has 3 aromatic rings. The van der Waals surface area contributed by atoms with E-state index in [1.165, 1.54) is 0 Å². The van der Waals surface area contributed by atoms with Gasteiger partial charge in [0.2, 0.25) is 11.8 Å². The second-order valence-corrected chi connectivity index (χ2v) is 8.03. The zero-order valence-corrected chi connectivity index (χ0v) is 20.9. The van der Waals surface area contributed by atoms with Gasteiger partial charge in [-0.25, -0.2) is 0 Å². The molecule has 4 rings (SSSR count). The van der Waals surface area contributed by atoms with Crippen LogP contribution in [0.1, 0.15) is 44.2 Å². The SMILES string of the molecule is CCCOc1ccc([C@@H]2C(C#N)=C(N)Oc3n[nH]c(-c4ccc(OCC)c(OC)c4)c32)cc1OCC. The van der Waals surface area contributed by atoms with E-state index >= 15 is 0 Å². The lowest BCUT2D eigenvalue weighted by Crippen LogP contribution is -2.21. The number of H-pyrrole nitrogens is 1. The highest BCUT2D eigenvalue weighted by Crippen LogP contribution is 2.47. The minimum Gasteiger partial charge on any atom is -0.493 e. The van der Waals surface area contributed by atoms with Crippen molar-refractivity contribution in [2.75, 3.05) is 26.9 Å². The maximum atomic E-state index is 10.0. The van der Waals surface area contributed by atoms with Crippen LogP contribution in [0.15, 0.2) is 47.9 Å². The van der Waals surface area contributed by atoms with E-state index in [1.54, 1.807) is 7.11 Å². The lowest BCUT2D eigenvalue weighted by atomic mass is 9.83. The molecule has 9 heteroatoms. The first-order valence-electron chi connectivity index (χ1n) is 11.9. The minimum atomic E-state index is -0.538. The average Bonchev–Trinajstić information content (AvgIpc) is 3.31. The number of nitrogens with zero attached hydrogens (tertiary/aromatic N) is 2. The number of ether oxygens (including phenoxy) is 5. The molecule has 0 spiro atoms. The van der Waals surface area contributed by atoms with Crippen LogP contribution in [0.5, 0.6) is 28.9 Å². The van der Waals surface area contributed by atoms with Crippen molar-refractivity contribution in [1.82, 2.24) is 10.2 Å². The maximum Gasteiger partial charge on any atom is 0.244 e. The first-order valence-corrected chi connectivity index (χ1v) is 11.9. The summed E-state index contributed by atoms with van der Waals surface area (Å²) in [6.45, 7) is 7.42. The first kappa shape index (κ1) is 24.8. The van der Waals surface area contributed by atoms with Gasteiger partial charge < -0.3 is 29.4 Å². The highest BCUT2D eigenvalue weighted by Gasteiger charge is 2.36. The zero-order chi connectivity index (χ0) is 25.7. The third-order valence-electron chi connectivity index (χ3n) is 5.75. The number of hydrogen-bond donors (Lipinski definition) is 2. The maximum absolute atomic E-state index is 10.0. The summed E-state index contributed by atoms with van der Waals surface area (Å²) in [5.74, 6) is 2.25. The molecular weight excluding hydrogens is 460 g/mol. The van der Waals surface area contributed by atoms with Crippen molar-refractivity contribution in [1.29, 1.82) is 5.26 Å². The van der Waals surface area contributed by atoms with Gasteiger partial charge in [0.05, 0.1) is 44.1 Å². The summed E-state index contributed by atoms with van der Waals surface area (Å²) < 4.78 is 28.7. The lowest BCUT2D eigenvalue weighted by Gasteiger charge is -2.25. The van der Waals surface area contributed by atoms with Crippen molar-refractivity contribution in [3.05, 3.63) is 59.0 Å². The van der Waals surface area contributed by atoms with Gasteiger partial charge in [0.1, 0.15) is 11.6 Å². The molecule has 2 aromatic carbocycles. The Bertz CT molecular complexity index is 1310. The molecule has 1 atom stereocenters. The summed E-state index contributed by atoms with van der Waals surface area (Å²) in [5.41, 5.74) is 9.41. The number of hydrogen-bond acceptors (Lipinski definition) is 8. The van der Waals surface area contributed by atoms with Gasteiger partial charge in [0.25, 0.3) is 0 Å². The van der Waals surface area contributed by atoms with Gasteiger partial charge in [0.15, 0.2) is 23.0 Å². The zero-order valence-electron chi connectivity index (χ0n) is 20.9. The molecule has 0 amide bonds. The molecule has 1 aliphatic rings. The molecule has 3 N–H and O–H groups in total. The predicted octanol–water partition coefficient (Wildman–Crippen LogP) is 4.89. The fourth-order valence-corrected chi connectivity index (χ4v) is 4.20. The summed E-state index contributed by atoms with van der Waals surface area (Å²) in [4.78, 5) is 0. The second-order valence-electron chi connectivity index (χ2n) is 8.03. The first-order chi connectivity index (χ1) is 17.6. The standard InChI is InChI=1S/C27H30N4O5/c1-5-12-35-20-10-8-16(13-22(20)34-7-3)23-18(15-28)26(29)36-27-24(23)25(30-31-27)17-9-11-19(33-6-2)21(14-17)32-4/h8-11,13-14,23H,5-7,12,29H2,1-4H3,(H,30,31)/t23-/m1/s1. The molecule has 0 fully saturated rings. The molecule has 36 heavy (non-hydrogen) atoms. The van der Waals surface area contributed by atoms with E-state index in [0.717, 1.165) is 17.5 Å². The van der Waals surface area contributed by atoms with Crippen molar-refractivity contribution in [2.45, 2.75) is 33.1 Å². The van der Waals surface area contributed by atoms with Gasteiger partial charge >= 0.3 is 0 Å². The van der Waals surface area contributed by atoms with E-state index in [9.17, 15) is 5.26 Å². The Balaban J connectivity index is 1.86. The van der Waals surface area contributed by atoms with E-state index in [-0.39, 0.29) is 11.5 Å². The molecule has 0 aliphatic carbocycles. The molecule has 0 radical (unpaired) electrons. The fourth-order valence-electron chi connectivity index (χ4n) is 4.20. The highest BCUT2D eigenvalue weighted by atomic mass is 16.5. The average molecular weight is 491 g/mol. The number of nitriles is 1. The summed E-state index contributed by atoms with van der Waals surface area (Å²) in [6.07, 6.45) is 0.873. The molecule has 0 bridgehead atoms. The molecule has 1 aromatic heterocycles. The number of rotatable bonds is 10. The summed E-state index contributed by atoms with van der Waals surface area (Å²) in [6, 6.07) is 13.5. The number of aromatic amines is 1. The van der Waals surface area contributed by atoms with Gasteiger partial charge in [-0.2, -0.15) is 5.26 Å². The minimum absolute atomic E-state index is 0.0154. The molecule has 188 valence electrons. The number of aromatic nitrogens is 2. The monoisotopic (exact) mass is 490 g/mol. The van der Waals surface area contributed by atoms with Crippen LogP contribution in [0.25, 0.3) is 11.3 Å². The van der Waals surface area contributed by atoms with Crippen LogP contribution in [0.3, 0.4) is 0 Å². The van der Waals surface area contributed by atoms with Crippen LogP contribution in [-0.4, -0.2) is 37.1 Å². The Labute approximate surface area is 210 Å². The van der Waals surface area contributed by atoms with E-state index in [4.69, 9.17) is 29.4 Å². The number of fused-ring (bicyclic) bond motifs is 1. The predicted molar refractivity (Wildman–Crippen MR) is 134 cm³/mol. The van der Waals surface area contributed by atoms with Crippen LogP contribution < -0.4 is 29.4 Å². The third-order valence-corrected chi connectivity index (χ3v) is 5.75. The molecule has 0 unspecified atom stereocenters. The molecular formula is C27H30N4O5. The Morgan fingerprint density at radius 2 is 1.72 bits per heavy atom. The van der Waals surface area contributed by atoms with Crippen LogP contribution in [0, 0.1) is 11.3 Å². The second kappa shape index (κ2) is 11.0. The highest BCUT2D eigenvalue weighted by molar-refractivity contribution is 5.73. The molecule has 0 saturated heterocycles. The van der Waals surface area contributed by atoms with E-state index < -0.39 is 5.92 Å². The largest absolute Gasteiger partial charge is 0.493 e. The summed E-state index contributed by atoms with van der Waals surface area (Å²) >= 11 is 0. The van der Waals surface area contributed by atoms with Crippen LogP contribution in [-0.2, 0) is 0 Å². The molecule has 2 heterocycles. The fraction of sp³-hybridized carbons (Fsp3) is 0.333. The van der Waals surface area contributed by atoms with Crippen molar-refractivity contribution in [2.24, 2.45) is 5.73 Å². The molecule has 9 nitrogen and oxygen atoms in total. The van der Waals surface area contributed by atoms with Gasteiger partial charge in [-0.1, -0.05) is 13.0 Å². The Hall–Kier alpha value is -4.32. The van der Waals surface area contributed by atoms with E-state index in [2.05, 4.69) is 16.3 Å². The van der Waals surface area contributed by atoms with E-state index in [0.29, 0.717) is 60.0 Å². The normalized spacial score (nSPS) is 14.5. The van der Waals surface area contributed by atoms with Crippen molar-refractivity contribution >= 4 is 0 Å².